The Morgan fingerprint density at radius 1 is 1.33 bits per heavy atom. The lowest BCUT2D eigenvalue weighted by Crippen LogP contribution is -2.20. The number of thioether (sulfide) groups is 1. The van der Waals surface area contributed by atoms with Gasteiger partial charge in [-0.25, -0.2) is 0 Å². The van der Waals surface area contributed by atoms with E-state index in [9.17, 15) is 0 Å². The first-order valence-corrected chi connectivity index (χ1v) is 9.27. The first-order chi connectivity index (χ1) is 10.3. The highest BCUT2D eigenvalue weighted by molar-refractivity contribution is 7.99. The van der Waals surface area contributed by atoms with Gasteiger partial charge < -0.3 is 10.1 Å². The summed E-state index contributed by atoms with van der Waals surface area (Å²) in [6.07, 6.45) is 6.82. The van der Waals surface area contributed by atoms with E-state index in [1.807, 2.05) is 11.8 Å². The molecule has 0 spiro atoms. The molecule has 0 aromatic heterocycles. The highest BCUT2D eigenvalue weighted by atomic mass is 32.2. The van der Waals surface area contributed by atoms with Crippen LogP contribution in [0.4, 0.5) is 0 Å². The van der Waals surface area contributed by atoms with E-state index in [-0.39, 0.29) is 0 Å². The molecule has 1 aromatic carbocycles. The zero-order valence-corrected chi connectivity index (χ0v) is 14.5. The van der Waals surface area contributed by atoms with Gasteiger partial charge in [0.25, 0.3) is 0 Å². The number of rotatable bonds is 8. The van der Waals surface area contributed by atoms with Crippen molar-refractivity contribution in [2.45, 2.75) is 56.9 Å². The van der Waals surface area contributed by atoms with Crippen LogP contribution in [-0.4, -0.2) is 19.4 Å². The van der Waals surface area contributed by atoms with Gasteiger partial charge in [-0.2, -0.15) is 0 Å². The van der Waals surface area contributed by atoms with Gasteiger partial charge >= 0.3 is 0 Å². The summed E-state index contributed by atoms with van der Waals surface area (Å²) >= 11 is 2.02. The summed E-state index contributed by atoms with van der Waals surface area (Å²) in [5.41, 5.74) is 1.33. The number of ether oxygens (including phenoxy) is 1. The number of benzene rings is 1. The molecule has 1 unspecified atom stereocenters. The van der Waals surface area contributed by atoms with E-state index in [1.54, 1.807) is 7.11 Å². The van der Waals surface area contributed by atoms with E-state index in [4.69, 9.17) is 4.74 Å². The molecule has 1 aliphatic carbocycles. The molecule has 2 rings (SSSR count). The van der Waals surface area contributed by atoms with E-state index >= 15 is 0 Å². The van der Waals surface area contributed by atoms with E-state index in [0.717, 1.165) is 24.6 Å². The maximum atomic E-state index is 5.61. The molecule has 118 valence electrons. The van der Waals surface area contributed by atoms with Gasteiger partial charge in [0.15, 0.2) is 0 Å². The molecule has 0 bridgehead atoms. The molecule has 1 fully saturated rings. The maximum absolute atomic E-state index is 5.61. The number of hydrogen-bond donors (Lipinski definition) is 1. The summed E-state index contributed by atoms with van der Waals surface area (Å²) in [6.45, 7) is 5.50. The van der Waals surface area contributed by atoms with Crippen molar-refractivity contribution in [1.82, 2.24) is 5.32 Å². The Kier molecular flexibility index (Phi) is 6.91. The minimum absolute atomic E-state index is 0.340. The predicted octanol–water partition coefficient (Wildman–Crippen LogP) is 5.04. The third-order valence-corrected chi connectivity index (χ3v) is 5.63. The first-order valence-electron chi connectivity index (χ1n) is 8.29. The summed E-state index contributed by atoms with van der Waals surface area (Å²) < 4.78 is 5.61. The molecular formula is C18H29NOS. The Balaban J connectivity index is 2.10. The molecule has 0 aliphatic heterocycles. The molecule has 1 aromatic rings. The van der Waals surface area contributed by atoms with Gasteiger partial charge in [-0.15, -0.1) is 11.8 Å². The average Bonchev–Trinajstić information content (AvgIpc) is 3.03. The monoisotopic (exact) mass is 307 g/mol. The number of methoxy groups -OCH3 is 1. The first kappa shape index (κ1) is 16.7. The van der Waals surface area contributed by atoms with Gasteiger partial charge in [-0.3, -0.25) is 0 Å². The van der Waals surface area contributed by atoms with Gasteiger partial charge in [0.05, 0.1) is 7.11 Å². The molecule has 0 amide bonds. The number of hydrogen-bond acceptors (Lipinski definition) is 3. The third-order valence-electron chi connectivity index (χ3n) is 4.33. The van der Waals surface area contributed by atoms with Crippen molar-refractivity contribution in [2.75, 3.05) is 19.4 Å². The molecule has 21 heavy (non-hydrogen) atoms. The Hall–Kier alpha value is -0.670. The average molecular weight is 308 g/mol. The van der Waals surface area contributed by atoms with Gasteiger partial charge in [0.1, 0.15) is 5.75 Å². The van der Waals surface area contributed by atoms with Crippen LogP contribution >= 0.6 is 11.8 Å². The van der Waals surface area contributed by atoms with Crippen molar-refractivity contribution in [2.24, 2.45) is 5.92 Å². The maximum Gasteiger partial charge on any atom is 0.124 e. The standard InChI is InChI=1S/C18H29NOS/c1-4-12-19-14(2)18-16(20-3)10-7-11-17(18)21-13-15-8-5-6-9-15/h7,10-11,14-15,19H,4-6,8-9,12-13H2,1-3H3. The molecule has 0 heterocycles. The number of nitrogens with one attached hydrogen (secondary N) is 1. The fourth-order valence-corrected chi connectivity index (χ4v) is 4.46. The smallest absolute Gasteiger partial charge is 0.124 e. The van der Waals surface area contributed by atoms with Crippen LogP contribution in [0.25, 0.3) is 0 Å². The molecular weight excluding hydrogens is 278 g/mol. The second-order valence-electron chi connectivity index (χ2n) is 6.01. The van der Waals surface area contributed by atoms with E-state index < -0.39 is 0 Å². The fourth-order valence-electron chi connectivity index (χ4n) is 3.10. The topological polar surface area (TPSA) is 21.3 Å². The molecule has 2 nitrogen and oxygen atoms in total. The van der Waals surface area contributed by atoms with Crippen molar-refractivity contribution in [3.8, 4) is 5.75 Å². The summed E-state index contributed by atoms with van der Waals surface area (Å²) in [4.78, 5) is 1.39. The molecule has 0 radical (unpaired) electrons. The Morgan fingerprint density at radius 2 is 2.10 bits per heavy atom. The molecule has 1 saturated carbocycles. The van der Waals surface area contributed by atoms with Gasteiger partial charge in [0.2, 0.25) is 0 Å². The molecule has 3 heteroatoms. The van der Waals surface area contributed by atoms with Crippen LogP contribution in [0.1, 0.15) is 57.6 Å². The minimum Gasteiger partial charge on any atom is -0.496 e. The minimum atomic E-state index is 0.340. The predicted molar refractivity (Wildman–Crippen MR) is 92.4 cm³/mol. The van der Waals surface area contributed by atoms with Crippen molar-refractivity contribution in [3.63, 3.8) is 0 Å². The Bertz CT molecular complexity index is 429. The molecule has 0 saturated heterocycles. The normalized spacial score (nSPS) is 17.1. The fraction of sp³-hybridized carbons (Fsp3) is 0.667. The lowest BCUT2D eigenvalue weighted by molar-refractivity contribution is 0.399. The largest absolute Gasteiger partial charge is 0.496 e. The summed E-state index contributed by atoms with van der Waals surface area (Å²) in [5.74, 6) is 3.18. The summed E-state index contributed by atoms with van der Waals surface area (Å²) in [5, 5.41) is 3.60. The lowest BCUT2D eigenvalue weighted by Gasteiger charge is -2.21. The van der Waals surface area contributed by atoms with Crippen LogP contribution in [0.15, 0.2) is 23.1 Å². The van der Waals surface area contributed by atoms with Crippen molar-refractivity contribution >= 4 is 11.8 Å². The van der Waals surface area contributed by atoms with Gasteiger partial charge in [-0.05, 0) is 50.8 Å². The highest BCUT2D eigenvalue weighted by Gasteiger charge is 2.19. The SMILES string of the molecule is CCCNC(C)c1c(OC)cccc1SCC1CCCC1. The molecule has 1 aliphatic rings. The van der Waals surface area contributed by atoms with Crippen LogP contribution < -0.4 is 10.1 Å². The summed E-state index contributed by atoms with van der Waals surface area (Å²) in [7, 11) is 1.77. The van der Waals surface area contributed by atoms with Crippen molar-refractivity contribution < 1.29 is 4.74 Å². The van der Waals surface area contributed by atoms with E-state index in [2.05, 4.69) is 37.4 Å². The second kappa shape index (κ2) is 8.70. The summed E-state index contributed by atoms with van der Waals surface area (Å²) in [6, 6.07) is 6.79. The van der Waals surface area contributed by atoms with E-state index in [1.165, 1.54) is 41.9 Å². The van der Waals surface area contributed by atoms with E-state index in [0.29, 0.717) is 6.04 Å². The Labute approximate surface area is 134 Å². The molecule has 1 atom stereocenters. The highest BCUT2D eigenvalue weighted by Crippen LogP contribution is 2.37. The van der Waals surface area contributed by atoms with Crippen molar-refractivity contribution in [3.05, 3.63) is 23.8 Å². The molecule has 1 N–H and O–H groups in total. The van der Waals surface area contributed by atoms with Gasteiger partial charge in [-0.1, -0.05) is 25.8 Å². The third kappa shape index (κ3) is 4.65. The van der Waals surface area contributed by atoms with Crippen LogP contribution in [0.5, 0.6) is 5.75 Å². The van der Waals surface area contributed by atoms with Crippen LogP contribution in [0, 0.1) is 5.92 Å². The lowest BCUT2D eigenvalue weighted by atomic mass is 10.1. The van der Waals surface area contributed by atoms with Gasteiger partial charge in [0, 0.05) is 22.3 Å². The van der Waals surface area contributed by atoms with Crippen LogP contribution in [0.3, 0.4) is 0 Å². The van der Waals surface area contributed by atoms with Crippen LogP contribution in [-0.2, 0) is 0 Å². The second-order valence-corrected chi connectivity index (χ2v) is 7.07. The zero-order chi connectivity index (χ0) is 15.1. The Morgan fingerprint density at radius 3 is 2.76 bits per heavy atom. The van der Waals surface area contributed by atoms with Crippen LogP contribution in [0.2, 0.25) is 0 Å². The zero-order valence-electron chi connectivity index (χ0n) is 13.7. The van der Waals surface area contributed by atoms with Crippen molar-refractivity contribution in [1.29, 1.82) is 0 Å². The quantitative estimate of drug-likeness (QED) is 0.680.